The average Bonchev–Trinajstić information content (AvgIpc) is 2.98. The van der Waals surface area contributed by atoms with Crippen LogP contribution in [0.25, 0.3) is 0 Å². The molecule has 2 fully saturated rings. The van der Waals surface area contributed by atoms with Crippen LogP contribution in [-0.4, -0.2) is 53.9 Å². The highest BCUT2D eigenvalue weighted by molar-refractivity contribution is 6.09. The average molecular weight is 387 g/mol. The first-order valence-electron chi connectivity index (χ1n) is 10.0. The lowest BCUT2D eigenvalue weighted by Crippen LogP contribution is -2.49. The Labute approximate surface area is 166 Å². The fourth-order valence-electron chi connectivity index (χ4n) is 4.26. The van der Waals surface area contributed by atoms with Gasteiger partial charge >= 0.3 is 6.03 Å². The van der Waals surface area contributed by atoms with Crippen LogP contribution < -0.4 is 10.1 Å². The molecule has 0 spiro atoms. The maximum atomic E-state index is 13.2. The van der Waals surface area contributed by atoms with Gasteiger partial charge in [-0.3, -0.25) is 14.5 Å². The van der Waals surface area contributed by atoms with E-state index in [9.17, 15) is 14.4 Å². The Kier molecular flexibility index (Phi) is 5.91. The van der Waals surface area contributed by atoms with Crippen LogP contribution in [0.5, 0.6) is 5.75 Å². The maximum Gasteiger partial charge on any atom is 0.325 e. The van der Waals surface area contributed by atoms with Crippen LogP contribution in [0.1, 0.15) is 51.5 Å². The molecule has 4 amide bonds. The second-order valence-electron chi connectivity index (χ2n) is 7.45. The molecule has 2 aliphatic heterocycles. The summed E-state index contributed by atoms with van der Waals surface area (Å²) in [7, 11) is 1.57. The maximum absolute atomic E-state index is 13.2. The van der Waals surface area contributed by atoms with E-state index in [4.69, 9.17) is 4.74 Å². The molecule has 7 heteroatoms. The highest BCUT2D eigenvalue weighted by Gasteiger charge is 2.52. The topological polar surface area (TPSA) is 79.0 Å². The Balaban J connectivity index is 1.80. The molecular weight excluding hydrogens is 358 g/mol. The number of likely N-dealkylation sites (tertiary alicyclic amines) is 1. The minimum atomic E-state index is -1.14. The van der Waals surface area contributed by atoms with E-state index in [1.165, 1.54) is 0 Å². The molecule has 1 N–H and O–H groups in total. The number of benzene rings is 1. The third kappa shape index (κ3) is 3.45. The molecule has 3 rings (SSSR count). The van der Waals surface area contributed by atoms with Crippen LogP contribution in [0.4, 0.5) is 4.79 Å². The summed E-state index contributed by atoms with van der Waals surface area (Å²) >= 11 is 0. The second kappa shape index (κ2) is 8.20. The molecule has 0 unspecified atom stereocenters. The van der Waals surface area contributed by atoms with Crippen molar-refractivity contribution in [3.63, 3.8) is 0 Å². The van der Waals surface area contributed by atoms with Gasteiger partial charge in [0.05, 0.1) is 7.11 Å². The van der Waals surface area contributed by atoms with Crippen LogP contribution in [-0.2, 0) is 15.1 Å². The monoisotopic (exact) mass is 387 g/mol. The molecule has 0 bridgehead atoms. The van der Waals surface area contributed by atoms with E-state index < -0.39 is 11.6 Å². The molecule has 2 aliphatic rings. The smallest absolute Gasteiger partial charge is 0.325 e. The standard InChI is InChI=1S/C21H29N3O4/c1-4-16-8-6-7-13-23(16)18(25)14-24-19(26)21(5-2,22-20(24)27)15-9-11-17(28-3)12-10-15/h9-12,16H,4-8,13-14H2,1-3H3,(H,22,27)/t16-,21-/m0/s1. The number of methoxy groups -OCH3 is 1. The largest absolute Gasteiger partial charge is 0.497 e. The van der Waals surface area contributed by atoms with Crippen molar-refractivity contribution in [1.29, 1.82) is 0 Å². The van der Waals surface area contributed by atoms with Gasteiger partial charge in [0.1, 0.15) is 17.8 Å². The van der Waals surface area contributed by atoms with Crippen molar-refractivity contribution in [2.75, 3.05) is 20.2 Å². The number of hydrogen-bond acceptors (Lipinski definition) is 4. The van der Waals surface area contributed by atoms with Gasteiger partial charge in [0.15, 0.2) is 0 Å². The summed E-state index contributed by atoms with van der Waals surface area (Å²) in [5.41, 5.74) is -0.455. The molecule has 1 aromatic rings. The quantitative estimate of drug-likeness (QED) is 0.761. The Bertz CT molecular complexity index is 749. The molecule has 7 nitrogen and oxygen atoms in total. The summed E-state index contributed by atoms with van der Waals surface area (Å²) in [5.74, 6) is 0.148. The van der Waals surface area contributed by atoms with Crippen molar-refractivity contribution >= 4 is 17.8 Å². The first-order valence-corrected chi connectivity index (χ1v) is 10.0. The van der Waals surface area contributed by atoms with E-state index >= 15 is 0 Å². The fraction of sp³-hybridized carbons (Fsp3) is 0.571. The van der Waals surface area contributed by atoms with Gasteiger partial charge in [0, 0.05) is 12.6 Å². The van der Waals surface area contributed by atoms with Crippen LogP contribution in [0.15, 0.2) is 24.3 Å². The lowest BCUT2D eigenvalue weighted by molar-refractivity contribution is -0.141. The van der Waals surface area contributed by atoms with E-state index in [0.717, 1.165) is 30.6 Å². The van der Waals surface area contributed by atoms with Crippen molar-refractivity contribution in [3.8, 4) is 5.75 Å². The number of carbonyl (C=O) groups excluding carboxylic acids is 3. The van der Waals surface area contributed by atoms with Gasteiger partial charge in [-0.15, -0.1) is 0 Å². The van der Waals surface area contributed by atoms with E-state index in [1.807, 2.05) is 11.8 Å². The third-order valence-corrected chi connectivity index (χ3v) is 6.00. The first-order chi connectivity index (χ1) is 13.5. The minimum Gasteiger partial charge on any atom is -0.497 e. The van der Waals surface area contributed by atoms with Crippen molar-refractivity contribution in [3.05, 3.63) is 29.8 Å². The van der Waals surface area contributed by atoms with Crippen molar-refractivity contribution in [2.45, 2.75) is 57.5 Å². The summed E-state index contributed by atoms with van der Waals surface area (Å²) in [4.78, 5) is 41.6. The number of ether oxygens (including phenoxy) is 1. The Morgan fingerprint density at radius 1 is 1.21 bits per heavy atom. The number of nitrogens with one attached hydrogen (secondary N) is 1. The molecule has 152 valence electrons. The lowest BCUT2D eigenvalue weighted by Gasteiger charge is -2.36. The molecule has 0 saturated carbocycles. The normalized spacial score (nSPS) is 25.0. The molecular formula is C21H29N3O4. The number of piperidine rings is 1. The van der Waals surface area contributed by atoms with E-state index in [2.05, 4.69) is 12.2 Å². The molecule has 1 aromatic carbocycles. The molecule has 0 radical (unpaired) electrons. The van der Waals surface area contributed by atoms with E-state index in [-0.39, 0.29) is 24.4 Å². The number of amides is 4. The molecule has 2 heterocycles. The van der Waals surface area contributed by atoms with E-state index in [1.54, 1.807) is 31.4 Å². The summed E-state index contributed by atoms with van der Waals surface area (Å²) in [5, 5.41) is 2.83. The van der Waals surface area contributed by atoms with Crippen LogP contribution >= 0.6 is 0 Å². The lowest BCUT2D eigenvalue weighted by atomic mass is 9.87. The minimum absolute atomic E-state index is 0.156. The summed E-state index contributed by atoms with van der Waals surface area (Å²) in [6.45, 7) is 4.40. The van der Waals surface area contributed by atoms with Crippen LogP contribution in [0.2, 0.25) is 0 Å². The number of urea groups is 1. The zero-order valence-corrected chi connectivity index (χ0v) is 16.9. The molecule has 0 aromatic heterocycles. The summed E-state index contributed by atoms with van der Waals surface area (Å²) < 4.78 is 5.18. The Morgan fingerprint density at radius 3 is 2.54 bits per heavy atom. The number of imide groups is 1. The fourth-order valence-corrected chi connectivity index (χ4v) is 4.26. The second-order valence-corrected chi connectivity index (χ2v) is 7.45. The number of carbonyl (C=O) groups is 3. The predicted octanol–water partition coefficient (Wildman–Crippen LogP) is 2.64. The first kappa shape index (κ1) is 20.2. The predicted molar refractivity (Wildman–Crippen MR) is 105 cm³/mol. The number of hydrogen-bond donors (Lipinski definition) is 1. The van der Waals surface area contributed by atoms with Gasteiger partial charge in [-0.05, 0) is 49.8 Å². The summed E-state index contributed by atoms with van der Waals surface area (Å²) in [6.07, 6.45) is 4.34. The van der Waals surface area contributed by atoms with Crippen molar-refractivity contribution < 1.29 is 19.1 Å². The molecule has 2 saturated heterocycles. The van der Waals surface area contributed by atoms with Gasteiger partial charge in [-0.1, -0.05) is 26.0 Å². The number of rotatable bonds is 6. The van der Waals surface area contributed by atoms with Gasteiger partial charge < -0.3 is 15.0 Å². The van der Waals surface area contributed by atoms with Crippen LogP contribution in [0, 0.1) is 0 Å². The van der Waals surface area contributed by atoms with E-state index in [0.29, 0.717) is 24.3 Å². The van der Waals surface area contributed by atoms with Gasteiger partial charge in [0.2, 0.25) is 5.91 Å². The van der Waals surface area contributed by atoms with Crippen molar-refractivity contribution in [1.82, 2.24) is 15.1 Å². The van der Waals surface area contributed by atoms with Crippen LogP contribution in [0.3, 0.4) is 0 Å². The van der Waals surface area contributed by atoms with Gasteiger partial charge in [-0.25, -0.2) is 4.79 Å². The van der Waals surface area contributed by atoms with Gasteiger partial charge in [-0.2, -0.15) is 0 Å². The van der Waals surface area contributed by atoms with Crippen molar-refractivity contribution in [2.24, 2.45) is 0 Å². The highest BCUT2D eigenvalue weighted by Crippen LogP contribution is 2.33. The Morgan fingerprint density at radius 2 is 1.93 bits per heavy atom. The molecule has 28 heavy (non-hydrogen) atoms. The molecule has 2 atom stereocenters. The number of nitrogens with zero attached hydrogens (tertiary/aromatic N) is 2. The zero-order valence-electron chi connectivity index (χ0n) is 16.9. The summed E-state index contributed by atoms with van der Waals surface area (Å²) in [6, 6.07) is 6.77. The molecule has 0 aliphatic carbocycles. The highest BCUT2D eigenvalue weighted by atomic mass is 16.5. The van der Waals surface area contributed by atoms with Gasteiger partial charge in [0.25, 0.3) is 5.91 Å². The Hall–Kier alpha value is -2.57. The third-order valence-electron chi connectivity index (χ3n) is 6.00. The SMILES string of the molecule is CC[C@H]1CCCCN1C(=O)CN1C(=O)N[C@@](CC)(c2ccc(OC)cc2)C1=O. The zero-order chi connectivity index (χ0) is 20.3.